The largest absolute Gasteiger partial charge is 0.383 e. The first-order valence-corrected chi connectivity index (χ1v) is 4.47. The van der Waals surface area contributed by atoms with Crippen molar-refractivity contribution in [3.63, 3.8) is 0 Å². The summed E-state index contributed by atoms with van der Waals surface area (Å²) in [7, 11) is 3.60. The Kier molecular flexibility index (Phi) is 5.04. The lowest BCUT2D eigenvalue weighted by Crippen LogP contribution is -2.15. The van der Waals surface area contributed by atoms with Crippen LogP contribution in [0.4, 0.5) is 0 Å². The molecule has 0 aliphatic rings. The first-order valence-electron chi connectivity index (χ1n) is 4.47. The Bertz CT molecular complexity index is 211. The highest BCUT2D eigenvalue weighted by Crippen LogP contribution is 2.05. The summed E-state index contributed by atoms with van der Waals surface area (Å²) in [4.78, 5) is 24.4. The molecule has 13 heavy (non-hydrogen) atoms. The minimum Gasteiger partial charge on any atom is -0.383 e. The predicted molar refractivity (Wildman–Crippen MR) is 52.4 cm³/mol. The van der Waals surface area contributed by atoms with Gasteiger partial charge in [0, 0.05) is 33.1 Å². The fourth-order valence-corrected chi connectivity index (χ4v) is 0.939. The molecule has 3 heteroatoms. The number of rotatable bonds is 5. The monoisotopic (exact) mass is 183 g/mol. The number of Topliss-reactive ketones (excluding diaryl/α,β-unsaturated/α-hetero) is 2. The zero-order chi connectivity index (χ0) is 10.4. The molecule has 0 spiro atoms. The molecule has 74 valence electrons. The maximum Gasteiger partial charge on any atom is 0.167 e. The zero-order valence-electron chi connectivity index (χ0n) is 8.76. The first kappa shape index (κ1) is 11.9. The molecule has 0 amide bonds. The van der Waals surface area contributed by atoms with Crippen molar-refractivity contribution in [1.29, 1.82) is 0 Å². The van der Waals surface area contributed by atoms with E-state index >= 15 is 0 Å². The minimum atomic E-state index is -0.0828. The molecule has 0 aliphatic carbocycles. The topological polar surface area (TPSA) is 37.4 Å². The summed E-state index contributed by atoms with van der Waals surface area (Å²) in [5.74, 6) is -0.166. The summed E-state index contributed by atoms with van der Waals surface area (Å²) in [5.41, 5.74) is 0.315. The third-order valence-electron chi connectivity index (χ3n) is 1.63. The van der Waals surface area contributed by atoms with Crippen molar-refractivity contribution in [3.05, 3.63) is 11.8 Å². The molecular weight excluding hydrogens is 166 g/mol. The Balaban J connectivity index is 4.75. The van der Waals surface area contributed by atoms with Crippen LogP contribution in [0.1, 0.15) is 26.7 Å². The Morgan fingerprint density at radius 1 is 1.08 bits per heavy atom. The van der Waals surface area contributed by atoms with Crippen molar-refractivity contribution in [1.82, 2.24) is 4.90 Å². The summed E-state index contributed by atoms with van der Waals surface area (Å²) in [6.07, 6.45) is 2.36. The second-order valence-corrected chi connectivity index (χ2v) is 3.06. The van der Waals surface area contributed by atoms with E-state index in [1.165, 1.54) is 0 Å². The van der Waals surface area contributed by atoms with Crippen LogP contribution in [0.5, 0.6) is 0 Å². The summed E-state index contributed by atoms with van der Waals surface area (Å²) < 4.78 is 0. The molecular formula is C10H17NO2. The summed E-state index contributed by atoms with van der Waals surface area (Å²) in [5, 5.41) is 0. The molecule has 3 nitrogen and oxygen atoms in total. The molecule has 0 bridgehead atoms. The molecule has 0 fully saturated rings. The number of ketones is 2. The van der Waals surface area contributed by atoms with E-state index < -0.39 is 0 Å². The number of carbonyl (C=O) groups is 2. The van der Waals surface area contributed by atoms with E-state index in [0.717, 1.165) is 0 Å². The average Bonchev–Trinajstić information content (AvgIpc) is 2.11. The molecule has 0 saturated heterocycles. The van der Waals surface area contributed by atoms with Gasteiger partial charge in [-0.05, 0) is 0 Å². The quantitative estimate of drug-likeness (QED) is 0.367. The van der Waals surface area contributed by atoms with Crippen molar-refractivity contribution in [2.24, 2.45) is 0 Å². The smallest absolute Gasteiger partial charge is 0.167 e. The second-order valence-electron chi connectivity index (χ2n) is 3.06. The van der Waals surface area contributed by atoms with Crippen LogP contribution in [-0.4, -0.2) is 30.6 Å². The minimum absolute atomic E-state index is 0.0828. The lowest BCUT2D eigenvalue weighted by atomic mass is 10.0. The molecule has 0 heterocycles. The van der Waals surface area contributed by atoms with E-state index in [9.17, 15) is 9.59 Å². The Morgan fingerprint density at radius 2 is 1.46 bits per heavy atom. The molecule has 0 radical (unpaired) electrons. The third kappa shape index (κ3) is 3.87. The van der Waals surface area contributed by atoms with Gasteiger partial charge in [0.15, 0.2) is 11.6 Å². The van der Waals surface area contributed by atoms with Gasteiger partial charge in [-0.2, -0.15) is 0 Å². The molecule has 0 aromatic rings. The molecule has 0 aromatic carbocycles. The van der Waals surface area contributed by atoms with Gasteiger partial charge in [-0.1, -0.05) is 13.8 Å². The van der Waals surface area contributed by atoms with E-state index in [1.54, 1.807) is 39.0 Å². The van der Waals surface area contributed by atoms with Gasteiger partial charge in [0.05, 0.1) is 5.57 Å². The number of hydrogen-bond donors (Lipinski definition) is 0. The molecule has 0 aromatic heterocycles. The van der Waals surface area contributed by atoms with Crippen LogP contribution in [0.3, 0.4) is 0 Å². The number of nitrogens with zero attached hydrogens (tertiary/aromatic N) is 1. The van der Waals surface area contributed by atoms with Gasteiger partial charge in [-0.3, -0.25) is 9.59 Å². The SMILES string of the molecule is CCC(=O)C(=CN(C)C)C(=O)CC. The highest BCUT2D eigenvalue weighted by molar-refractivity contribution is 6.19. The van der Waals surface area contributed by atoms with Crippen molar-refractivity contribution < 1.29 is 9.59 Å². The lowest BCUT2D eigenvalue weighted by molar-refractivity contribution is -0.121. The maximum atomic E-state index is 11.3. The van der Waals surface area contributed by atoms with Crippen LogP contribution in [0, 0.1) is 0 Å². The van der Waals surface area contributed by atoms with Crippen LogP contribution < -0.4 is 0 Å². The molecule has 0 aliphatic heterocycles. The molecule has 0 saturated carbocycles. The summed E-state index contributed by atoms with van der Waals surface area (Å²) >= 11 is 0. The number of allylic oxidation sites excluding steroid dienone is 1. The van der Waals surface area contributed by atoms with Gasteiger partial charge in [0.25, 0.3) is 0 Å². The third-order valence-corrected chi connectivity index (χ3v) is 1.63. The van der Waals surface area contributed by atoms with E-state index in [1.807, 2.05) is 0 Å². The second kappa shape index (κ2) is 5.51. The van der Waals surface area contributed by atoms with Crippen molar-refractivity contribution in [2.75, 3.05) is 14.1 Å². The van der Waals surface area contributed by atoms with Crippen LogP contribution in [0.25, 0.3) is 0 Å². The van der Waals surface area contributed by atoms with Crippen molar-refractivity contribution >= 4 is 11.6 Å². The molecule has 0 rings (SSSR count). The van der Waals surface area contributed by atoms with Crippen LogP contribution in [0.2, 0.25) is 0 Å². The van der Waals surface area contributed by atoms with Crippen LogP contribution >= 0.6 is 0 Å². The Labute approximate surface area is 79.4 Å². The maximum absolute atomic E-state index is 11.3. The van der Waals surface area contributed by atoms with Gasteiger partial charge in [0.2, 0.25) is 0 Å². The van der Waals surface area contributed by atoms with Gasteiger partial charge in [0.1, 0.15) is 0 Å². The van der Waals surface area contributed by atoms with Gasteiger partial charge in [-0.25, -0.2) is 0 Å². The Morgan fingerprint density at radius 3 is 1.69 bits per heavy atom. The van der Waals surface area contributed by atoms with E-state index in [2.05, 4.69) is 0 Å². The highest BCUT2D eigenvalue weighted by Gasteiger charge is 2.14. The number of carbonyl (C=O) groups excluding carboxylic acids is 2. The van der Waals surface area contributed by atoms with Gasteiger partial charge in [-0.15, -0.1) is 0 Å². The van der Waals surface area contributed by atoms with E-state index in [4.69, 9.17) is 0 Å². The van der Waals surface area contributed by atoms with Gasteiger partial charge >= 0.3 is 0 Å². The normalized spacial score (nSPS) is 9.23. The zero-order valence-corrected chi connectivity index (χ0v) is 8.76. The standard InChI is InChI=1S/C10H17NO2/c1-5-9(12)8(7-11(3)4)10(13)6-2/h7H,5-6H2,1-4H3. The van der Waals surface area contributed by atoms with E-state index in [-0.39, 0.29) is 11.6 Å². The van der Waals surface area contributed by atoms with Crippen molar-refractivity contribution in [3.8, 4) is 0 Å². The number of hydrogen-bond acceptors (Lipinski definition) is 3. The molecule has 0 atom stereocenters. The molecule has 0 unspecified atom stereocenters. The predicted octanol–water partition coefficient (Wildman–Crippen LogP) is 1.39. The molecule has 0 N–H and O–H groups in total. The fourth-order valence-electron chi connectivity index (χ4n) is 0.939. The highest BCUT2D eigenvalue weighted by atomic mass is 16.1. The average molecular weight is 183 g/mol. The summed E-state index contributed by atoms with van der Waals surface area (Å²) in [6, 6.07) is 0. The Hall–Kier alpha value is -1.12. The van der Waals surface area contributed by atoms with E-state index in [0.29, 0.717) is 18.4 Å². The van der Waals surface area contributed by atoms with Gasteiger partial charge < -0.3 is 4.90 Å². The summed E-state index contributed by atoms with van der Waals surface area (Å²) in [6.45, 7) is 3.52. The van der Waals surface area contributed by atoms with Crippen LogP contribution in [0.15, 0.2) is 11.8 Å². The van der Waals surface area contributed by atoms with Crippen molar-refractivity contribution in [2.45, 2.75) is 26.7 Å². The van der Waals surface area contributed by atoms with Crippen LogP contribution in [-0.2, 0) is 9.59 Å². The first-order chi connectivity index (χ1) is 6.02. The fraction of sp³-hybridized carbons (Fsp3) is 0.600. The lowest BCUT2D eigenvalue weighted by Gasteiger charge is -2.08.